The summed E-state index contributed by atoms with van der Waals surface area (Å²) in [4.78, 5) is 46.9. The molecule has 0 aromatic carbocycles. The predicted octanol–water partition coefficient (Wildman–Crippen LogP) is 1.46. The molecular weight excluding hydrogens is 418 g/mol. The normalized spacial score (nSPS) is 17.6. The number of aromatic nitrogens is 6. The van der Waals surface area contributed by atoms with Crippen LogP contribution in [0.3, 0.4) is 0 Å². The van der Waals surface area contributed by atoms with Crippen LogP contribution in [-0.2, 0) is 12.8 Å². The van der Waals surface area contributed by atoms with Gasteiger partial charge in [0, 0.05) is 48.8 Å². The lowest BCUT2D eigenvalue weighted by Gasteiger charge is -2.35. The van der Waals surface area contributed by atoms with Crippen LogP contribution in [0.2, 0.25) is 0 Å². The van der Waals surface area contributed by atoms with E-state index in [0.29, 0.717) is 13.0 Å². The number of carbonyl (C=O) groups is 1. The number of amides is 1. The third kappa shape index (κ3) is 4.98. The molecule has 1 aliphatic heterocycles. The smallest absolute Gasteiger partial charge is 0.326 e. The first-order valence-electron chi connectivity index (χ1n) is 10.4. The number of aromatic amines is 2. The lowest BCUT2D eigenvalue weighted by atomic mass is 9.97. The number of nitrogens with zero attached hydrogens (tertiary/aromatic N) is 5. The zero-order valence-electron chi connectivity index (χ0n) is 17.5. The number of piperidine rings is 1. The molecule has 3 aromatic heterocycles. The van der Waals surface area contributed by atoms with Crippen LogP contribution in [-0.4, -0.2) is 53.3 Å². The lowest BCUT2D eigenvalue weighted by molar-refractivity contribution is 0.0605. The minimum Gasteiger partial charge on any atom is -0.334 e. The highest BCUT2D eigenvalue weighted by Crippen LogP contribution is 2.22. The van der Waals surface area contributed by atoms with Gasteiger partial charge in [0.2, 0.25) is 0 Å². The summed E-state index contributed by atoms with van der Waals surface area (Å²) in [6.07, 6.45) is 6.01. The maximum atomic E-state index is 13.0. The van der Waals surface area contributed by atoms with Gasteiger partial charge in [-0.2, -0.15) is 0 Å². The van der Waals surface area contributed by atoms with E-state index in [1.807, 2.05) is 23.2 Å². The van der Waals surface area contributed by atoms with E-state index in [1.165, 1.54) is 0 Å². The van der Waals surface area contributed by atoms with Gasteiger partial charge in [-0.15, -0.1) is 16.4 Å². The topological polar surface area (TPSA) is 130 Å². The highest BCUT2D eigenvalue weighted by molar-refractivity contribution is 7.09. The van der Waals surface area contributed by atoms with Crippen molar-refractivity contribution in [2.75, 3.05) is 6.54 Å². The summed E-state index contributed by atoms with van der Waals surface area (Å²) >= 11 is 1.64. The van der Waals surface area contributed by atoms with Crippen LogP contribution in [0.4, 0.5) is 0 Å². The number of carbonyl (C=O) groups excluding carboxylic acids is 1. The Morgan fingerprint density at radius 1 is 1.32 bits per heavy atom. The van der Waals surface area contributed by atoms with Crippen LogP contribution in [0, 0.1) is 6.92 Å². The van der Waals surface area contributed by atoms with Crippen molar-refractivity contribution in [3.8, 4) is 0 Å². The second-order valence-corrected chi connectivity index (χ2v) is 8.92. The molecule has 4 rings (SSSR count). The fourth-order valence-corrected chi connectivity index (χ4v) is 4.82. The molecule has 4 heterocycles. The number of hydrogen-bond acceptors (Lipinski definition) is 7. The van der Waals surface area contributed by atoms with Gasteiger partial charge in [-0.3, -0.25) is 14.6 Å². The van der Waals surface area contributed by atoms with Crippen molar-refractivity contribution < 1.29 is 4.79 Å². The second-order valence-electron chi connectivity index (χ2n) is 7.98. The summed E-state index contributed by atoms with van der Waals surface area (Å²) < 4.78 is 1.84. The zero-order valence-corrected chi connectivity index (χ0v) is 18.3. The molecule has 2 atom stereocenters. The third-order valence-electron chi connectivity index (χ3n) is 5.47. The third-order valence-corrected chi connectivity index (χ3v) is 6.46. The highest BCUT2D eigenvalue weighted by Gasteiger charge is 2.29. The van der Waals surface area contributed by atoms with Gasteiger partial charge in [-0.1, -0.05) is 5.21 Å². The molecule has 1 fully saturated rings. The Kier molecular flexibility index (Phi) is 6.12. The van der Waals surface area contributed by atoms with Crippen LogP contribution in [0.15, 0.2) is 27.2 Å². The second kappa shape index (κ2) is 8.96. The van der Waals surface area contributed by atoms with Crippen molar-refractivity contribution in [2.24, 2.45) is 0 Å². The molecule has 3 aromatic rings. The van der Waals surface area contributed by atoms with E-state index >= 15 is 0 Å². The molecule has 2 unspecified atom stereocenters. The minimum atomic E-state index is -0.684. The monoisotopic (exact) mass is 443 g/mol. The van der Waals surface area contributed by atoms with E-state index in [9.17, 15) is 14.4 Å². The lowest BCUT2D eigenvalue weighted by Crippen LogP contribution is -2.46. The van der Waals surface area contributed by atoms with Crippen molar-refractivity contribution in [2.45, 2.75) is 58.0 Å². The van der Waals surface area contributed by atoms with Crippen LogP contribution < -0.4 is 11.2 Å². The summed E-state index contributed by atoms with van der Waals surface area (Å²) in [5, 5.41) is 11.7. The quantitative estimate of drug-likeness (QED) is 0.593. The Balaban J connectivity index is 1.46. The number of likely N-dealkylation sites (tertiary alicyclic amines) is 1. The molecule has 164 valence electrons. The predicted molar refractivity (Wildman–Crippen MR) is 115 cm³/mol. The maximum Gasteiger partial charge on any atom is 0.326 e. The molecule has 1 aliphatic rings. The molecule has 0 aliphatic carbocycles. The first-order valence-corrected chi connectivity index (χ1v) is 11.2. The van der Waals surface area contributed by atoms with Crippen LogP contribution in [0.5, 0.6) is 0 Å². The van der Waals surface area contributed by atoms with E-state index in [0.717, 1.165) is 48.1 Å². The van der Waals surface area contributed by atoms with E-state index < -0.39 is 11.2 Å². The van der Waals surface area contributed by atoms with Crippen molar-refractivity contribution in [1.29, 1.82) is 0 Å². The average Bonchev–Trinajstić information content (AvgIpc) is 3.36. The van der Waals surface area contributed by atoms with Crippen molar-refractivity contribution in [3.63, 3.8) is 0 Å². The SMILES string of the molecule is Cc1csc(CC(C)n2cc(CC3CCCCN3C(=O)c3cc(=O)[nH]c(=O)[nH]3)nn2)n1. The standard InChI is InChI=1S/C20H25N7O3S/c1-12-11-31-18(21-12)7-13(2)27-10-14(24-25-27)8-15-5-3-4-6-26(15)19(29)16-9-17(28)23-20(30)22-16/h9-11,13,15H,3-8H2,1-2H3,(H2,22,23,28,30). The van der Waals surface area contributed by atoms with Crippen LogP contribution >= 0.6 is 11.3 Å². The Labute approximate surface area is 182 Å². The minimum absolute atomic E-state index is 0.0108. The van der Waals surface area contributed by atoms with E-state index in [-0.39, 0.29) is 23.7 Å². The number of aryl methyl sites for hydroxylation is 1. The van der Waals surface area contributed by atoms with Crippen LogP contribution in [0.1, 0.15) is 59.1 Å². The van der Waals surface area contributed by atoms with Gasteiger partial charge in [0.25, 0.3) is 11.5 Å². The van der Waals surface area contributed by atoms with Crippen molar-refractivity contribution in [3.05, 3.63) is 60.6 Å². The molecule has 2 N–H and O–H groups in total. The summed E-state index contributed by atoms with van der Waals surface area (Å²) in [6, 6.07) is 1.19. The maximum absolute atomic E-state index is 13.0. The number of hydrogen-bond donors (Lipinski definition) is 2. The first-order chi connectivity index (χ1) is 14.9. The van der Waals surface area contributed by atoms with Crippen molar-refractivity contribution >= 4 is 17.2 Å². The number of rotatable bonds is 6. The molecule has 1 saturated heterocycles. The summed E-state index contributed by atoms with van der Waals surface area (Å²) in [5.74, 6) is -0.340. The molecule has 31 heavy (non-hydrogen) atoms. The fourth-order valence-electron chi connectivity index (χ4n) is 3.93. The number of nitrogens with one attached hydrogen (secondary N) is 2. The van der Waals surface area contributed by atoms with Crippen molar-refractivity contribution in [1.82, 2.24) is 34.8 Å². The number of thiazole rings is 1. The van der Waals surface area contributed by atoms with Gasteiger partial charge in [0.1, 0.15) is 5.69 Å². The summed E-state index contributed by atoms with van der Waals surface area (Å²) in [6.45, 7) is 4.64. The summed E-state index contributed by atoms with van der Waals surface area (Å²) in [7, 11) is 0. The van der Waals surface area contributed by atoms with Gasteiger partial charge in [0.05, 0.1) is 16.7 Å². The number of H-pyrrole nitrogens is 2. The van der Waals surface area contributed by atoms with Gasteiger partial charge >= 0.3 is 5.69 Å². The zero-order chi connectivity index (χ0) is 22.0. The Morgan fingerprint density at radius 2 is 2.16 bits per heavy atom. The molecule has 0 spiro atoms. The van der Waals surface area contributed by atoms with E-state index in [1.54, 1.807) is 16.2 Å². The van der Waals surface area contributed by atoms with Gasteiger partial charge in [-0.25, -0.2) is 14.5 Å². The fraction of sp³-hybridized carbons (Fsp3) is 0.500. The molecule has 11 heteroatoms. The average molecular weight is 444 g/mol. The van der Waals surface area contributed by atoms with Gasteiger partial charge in [-0.05, 0) is 33.1 Å². The Hall–Kier alpha value is -3.08. The van der Waals surface area contributed by atoms with E-state index in [4.69, 9.17) is 0 Å². The van der Waals surface area contributed by atoms with E-state index in [2.05, 4.69) is 32.2 Å². The molecule has 1 amide bonds. The van der Waals surface area contributed by atoms with Gasteiger partial charge < -0.3 is 9.88 Å². The van der Waals surface area contributed by atoms with Gasteiger partial charge in [0.15, 0.2) is 0 Å². The largest absolute Gasteiger partial charge is 0.334 e. The molecule has 0 radical (unpaired) electrons. The first kappa shape index (κ1) is 21.2. The highest BCUT2D eigenvalue weighted by atomic mass is 32.1. The Bertz CT molecular complexity index is 1150. The molecule has 0 saturated carbocycles. The Morgan fingerprint density at radius 3 is 2.90 bits per heavy atom. The summed E-state index contributed by atoms with van der Waals surface area (Å²) in [5.41, 5.74) is 0.572. The van der Waals surface area contributed by atoms with Crippen LogP contribution in [0.25, 0.3) is 0 Å². The molecular formula is C20H25N7O3S. The molecule has 0 bridgehead atoms. The molecule has 10 nitrogen and oxygen atoms in total.